The molecule has 0 unspecified atom stereocenters. The van der Waals surface area contributed by atoms with Crippen molar-refractivity contribution in [3.05, 3.63) is 22.4 Å². The summed E-state index contributed by atoms with van der Waals surface area (Å²) in [5.41, 5.74) is 2.58. The molecule has 1 rings (SSSR count). The molecule has 1 aromatic heterocycles. The van der Waals surface area contributed by atoms with Crippen LogP contribution >= 0.6 is 12.6 Å². The number of aliphatic hydroxyl groups excluding tert-OH is 1. The predicted octanol–water partition coefficient (Wildman–Crippen LogP) is 1.35. The molecule has 0 aliphatic carbocycles. The molecule has 0 bridgehead atoms. The van der Waals surface area contributed by atoms with Crippen LogP contribution in [0.3, 0.4) is 0 Å². The molecule has 0 radical (unpaired) electrons. The highest BCUT2D eigenvalue weighted by Gasteiger charge is 2.11. The standard InChI is InChI=1S/C9H10N2OS/c1-5-7(3-10)6(2)11-9(13)8(5)4-12/h12H,4H2,1-2H3,(H,11,13). The van der Waals surface area contributed by atoms with Crippen LogP contribution in [0.1, 0.15) is 22.4 Å². The van der Waals surface area contributed by atoms with Crippen molar-refractivity contribution in [3.8, 4) is 6.07 Å². The van der Waals surface area contributed by atoms with E-state index in [0.717, 1.165) is 5.56 Å². The van der Waals surface area contributed by atoms with Gasteiger partial charge in [-0.2, -0.15) is 5.26 Å². The largest absolute Gasteiger partial charge is 0.392 e. The number of hydrogen-bond acceptors (Lipinski definition) is 4. The number of pyridine rings is 1. The average Bonchev–Trinajstić information content (AvgIpc) is 2.04. The Morgan fingerprint density at radius 1 is 1.54 bits per heavy atom. The van der Waals surface area contributed by atoms with Crippen LogP contribution in [0.15, 0.2) is 5.03 Å². The quantitative estimate of drug-likeness (QED) is 0.663. The highest BCUT2D eigenvalue weighted by molar-refractivity contribution is 7.80. The SMILES string of the molecule is Cc1nc(S)c(CO)c(C)c1C#N. The summed E-state index contributed by atoms with van der Waals surface area (Å²) in [5, 5.41) is 18.3. The van der Waals surface area contributed by atoms with E-state index in [0.29, 0.717) is 21.8 Å². The molecule has 0 aliphatic heterocycles. The number of aliphatic hydroxyl groups is 1. The van der Waals surface area contributed by atoms with Crippen LogP contribution in [0.25, 0.3) is 0 Å². The second-order valence-electron chi connectivity index (χ2n) is 2.77. The number of thiol groups is 1. The van der Waals surface area contributed by atoms with Crippen LogP contribution in [-0.2, 0) is 6.61 Å². The average molecular weight is 194 g/mol. The lowest BCUT2D eigenvalue weighted by Gasteiger charge is -2.08. The first-order valence-electron chi connectivity index (χ1n) is 3.81. The van der Waals surface area contributed by atoms with Crippen molar-refractivity contribution >= 4 is 12.6 Å². The van der Waals surface area contributed by atoms with Gasteiger partial charge in [0.2, 0.25) is 0 Å². The van der Waals surface area contributed by atoms with E-state index < -0.39 is 0 Å². The normalized spacial score (nSPS) is 9.77. The molecule has 68 valence electrons. The summed E-state index contributed by atoms with van der Waals surface area (Å²) < 4.78 is 0. The number of rotatable bonds is 1. The Bertz CT molecular complexity index is 382. The van der Waals surface area contributed by atoms with Crippen LogP contribution in [-0.4, -0.2) is 10.1 Å². The number of nitriles is 1. The fourth-order valence-electron chi connectivity index (χ4n) is 1.23. The van der Waals surface area contributed by atoms with E-state index in [4.69, 9.17) is 10.4 Å². The minimum Gasteiger partial charge on any atom is -0.392 e. The second kappa shape index (κ2) is 3.77. The monoisotopic (exact) mass is 194 g/mol. The molecule has 0 amide bonds. The zero-order valence-electron chi connectivity index (χ0n) is 7.50. The third-order valence-electron chi connectivity index (χ3n) is 2.00. The van der Waals surface area contributed by atoms with Gasteiger partial charge in [-0.15, -0.1) is 12.6 Å². The van der Waals surface area contributed by atoms with Crippen molar-refractivity contribution in [2.24, 2.45) is 0 Å². The Kier molecular flexibility index (Phi) is 2.91. The van der Waals surface area contributed by atoms with Crippen LogP contribution < -0.4 is 0 Å². The first-order chi connectivity index (χ1) is 6.11. The molecular formula is C9H10N2OS. The summed E-state index contributed by atoms with van der Waals surface area (Å²) in [7, 11) is 0. The van der Waals surface area contributed by atoms with Gasteiger partial charge in [0.1, 0.15) is 6.07 Å². The van der Waals surface area contributed by atoms with Crippen molar-refractivity contribution in [1.82, 2.24) is 4.98 Å². The molecule has 0 aromatic carbocycles. The molecule has 3 nitrogen and oxygen atoms in total. The fraction of sp³-hybridized carbons (Fsp3) is 0.333. The topological polar surface area (TPSA) is 56.9 Å². The molecule has 4 heteroatoms. The molecular weight excluding hydrogens is 184 g/mol. The summed E-state index contributed by atoms with van der Waals surface area (Å²) in [4.78, 5) is 4.06. The van der Waals surface area contributed by atoms with Gasteiger partial charge in [0, 0.05) is 5.56 Å². The molecule has 0 aliphatic rings. The summed E-state index contributed by atoms with van der Waals surface area (Å²) in [6.45, 7) is 3.41. The smallest absolute Gasteiger partial charge is 0.101 e. The van der Waals surface area contributed by atoms with E-state index in [9.17, 15) is 0 Å². The Balaban J connectivity index is 3.51. The number of hydrogen-bond donors (Lipinski definition) is 2. The Morgan fingerprint density at radius 3 is 2.62 bits per heavy atom. The van der Waals surface area contributed by atoms with Gasteiger partial charge in [-0.05, 0) is 19.4 Å². The number of aryl methyl sites for hydroxylation is 1. The lowest BCUT2D eigenvalue weighted by Crippen LogP contribution is -2.01. The first-order valence-corrected chi connectivity index (χ1v) is 4.26. The van der Waals surface area contributed by atoms with Gasteiger partial charge in [0.25, 0.3) is 0 Å². The Morgan fingerprint density at radius 2 is 2.15 bits per heavy atom. The van der Waals surface area contributed by atoms with Crippen LogP contribution in [0.4, 0.5) is 0 Å². The molecule has 1 aromatic rings. The zero-order valence-corrected chi connectivity index (χ0v) is 8.39. The maximum absolute atomic E-state index is 9.01. The van der Waals surface area contributed by atoms with Crippen LogP contribution in [0.2, 0.25) is 0 Å². The second-order valence-corrected chi connectivity index (χ2v) is 3.19. The summed E-state index contributed by atoms with van der Waals surface area (Å²) in [6.07, 6.45) is 0. The summed E-state index contributed by atoms with van der Waals surface area (Å²) in [5.74, 6) is 0. The molecule has 0 saturated carbocycles. The molecule has 1 N–H and O–H groups in total. The fourth-order valence-corrected chi connectivity index (χ4v) is 1.61. The van der Waals surface area contributed by atoms with Crippen molar-refractivity contribution in [1.29, 1.82) is 5.26 Å². The van der Waals surface area contributed by atoms with Gasteiger partial charge >= 0.3 is 0 Å². The minimum atomic E-state index is -0.132. The van der Waals surface area contributed by atoms with E-state index in [1.54, 1.807) is 13.8 Å². The van der Waals surface area contributed by atoms with Gasteiger partial charge in [-0.25, -0.2) is 4.98 Å². The highest BCUT2D eigenvalue weighted by atomic mass is 32.1. The number of nitrogens with zero attached hydrogens (tertiary/aromatic N) is 2. The lowest BCUT2D eigenvalue weighted by molar-refractivity contribution is 0.277. The van der Waals surface area contributed by atoms with Crippen LogP contribution in [0.5, 0.6) is 0 Å². The van der Waals surface area contributed by atoms with E-state index >= 15 is 0 Å². The third kappa shape index (κ3) is 1.67. The number of aromatic nitrogens is 1. The van der Waals surface area contributed by atoms with E-state index in [2.05, 4.69) is 23.7 Å². The molecule has 0 spiro atoms. The first kappa shape index (κ1) is 10.0. The maximum Gasteiger partial charge on any atom is 0.101 e. The predicted molar refractivity (Wildman–Crippen MR) is 51.6 cm³/mol. The zero-order chi connectivity index (χ0) is 10.0. The highest BCUT2D eigenvalue weighted by Crippen LogP contribution is 2.21. The van der Waals surface area contributed by atoms with Gasteiger partial charge in [0.15, 0.2) is 0 Å². The third-order valence-corrected chi connectivity index (χ3v) is 2.37. The van der Waals surface area contributed by atoms with Gasteiger partial charge in [0.05, 0.1) is 22.9 Å². The van der Waals surface area contributed by atoms with Gasteiger partial charge < -0.3 is 5.11 Å². The van der Waals surface area contributed by atoms with Gasteiger partial charge in [-0.3, -0.25) is 0 Å². The molecule has 1 heterocycles. The van der Waals surface area contributed by atoms with Gasteiger partial charge in [-0.1, -0.05) is 0 Å². The van der Waals surface area contributed by atoms with Crippen LogP contribution in [0, 0.1) is 25.2 Å². The molecule has 13 heavy (non-hydrogen) atoms. The summed E-state index contributed by atoms with van der Waals surface area (Å²) >= 11 is 4.12. The molecule has 0 saturated heterocycles. The Hall–Kier alpha value is -1.05. The molecule has 0 atom stereocenters. The Labute approximate surface area is 82.5 Å². The van der Waals surface area contributed by atoms with Crippen molar-refractivity contribution in [2.75, 3.05) is 0 Å². The van der Waals surface area contributed by atoms with E-state index in [1.807, 2.05) is 0 Å². The minimum absolute atomic E-state index is 0.132. The van der Waals surface area contributed by atoms with Crippen molar-refractivity contribution in [3.63, 3.8) is 0 Å². The van der Waals surface area contributed by atoms with Crippen molar-refractivity contribution < 1.29 is 5.11 Å². The van der Waals surface area contributed by atoms with E-state index in [1.165, 1.54) is 0 Å². The van der Waals surface area contributed by atoms with E-state index in [-0.39, 0.29) is 6.61 Å². The maximum atomic E-state index is 9.01. The molecule has 0 fully saturated rings. The lowest BCUT2D eigenvalue weighted by atomic mass is 10.0. The van der Waals surface area contributed by atoms with Crippen molar-refractivity contribution in [2.45, 2.75) is 25.5 Å². The summed E-state index contributed by atoms with van der Waals surface area (Å²) in [6, 6.07) is 2.06.